The van der Waals surface area contributed by atoms with E-state index in [0.717, 1.165) is 67.7 Å². The number of carbonyl (C=O) groups excluding carboxylic acids is 7. The number of aromatic nitrogens is 2. The van der Waals surface area contributed by atoms with Crippen LogP contribution in [0.2, 0.25) is 0 Å². The first-order valence-corrected chi connectivity index (χ1v) is 25.1. The van der Waals surface area contributed by atoms with Gasteiger partial charge < -0.3 is 37.0 Å². The molecule has 7 amide bonds. The Morgan fingerprint density at radius 2 is 1.46 bits per heavy atom. The fourth-order valence-corrected chi connectivity index (χ4v) is 11.0. The molecule has 0 bridgehead atoms. The summed E-state index contributed by atoms with van der Waals surface area (Å²) in [6, 6.07) is 20.3. The van der Waals surface area contributed by atoms with Gasteiger partial charge in [0.15, 0.2) is 0 Å². The number of carboxylic acid groups (broad SMARTS) is 1. The maximum absolute atomic E-state index is 14.0. The standard InChI is InChI=1S/C51H63N9O8.C2H4O2/c1-57-42-29-35(19-22-39(42)60(51(57)68)41-24-26-44(62)55-49(41)66)32-17-15-31(16-18-32)9-8-14-45(63)58-28-27-36-20-23-40(59(36)50(67)37(52)30-58)48(65)54-38(21-25-43(53)61)47(64)56-46(33-10-4-2-5-11-33)34-12-6-3-7-13-34;1-2(3)4/h2-7,10-13,19,22,29,31-32,36-38,40-41,46H,8-9,14-18,20-21,23-28,30,52H2,1H3,(H2,53,61)(H,54,65)(H,56,64)(H,55,62,66);1H3,(H,3,4)/t31?,32?,36?,37-,38-,40-,41?;/m0./s1. The van der Waals surface area contributed by atoms with Crippen molar-refractivity contribution < 1.29 is 43.5 Å². The second-order valence-corrected chi connectivity index (χ2v) is 19.6. The highest BCUT2D eigenvalue weighted by Crippen LogP contribution is 2.39. The number of nitrogens with zero attached hydrogens (tertiary/aromatic N) is 4. The Morgan fingerprint density at radius 3 is 2.08 bits per heavy atom. The first-order chi connectivity index (χ1) is 34.5. The predicted molar refractivity (Wildman–Crippen MR) is 267 cm³/mol. The number of rotatable bonds is 15. The number of aliphatic carboxylic acids is 1. The number of piperidine rings is 1. The average Bonchev–Trinajstić information content (AvgIpc) is 3.89. The third kappa shape index (κ3) is 12.7. The molecule has 0 spiro atoms. The molecule has 19 heteroatoms. The number of hydrogen-bond donors (Lipinski definition) is 6. The molecule has 384 valence electrons. The van der Waals surface area contributed by atoms with Gasteiger partial charge >= 0.3 is 5.69 Å². The molecular formula is C53H67N9O10. The Balaban J connectivity index is 0.00000183. The first-order valence-electron chi connectivity index (χ1n) is 25.1. The van der Waals surface area contributed by atoms with Crippen LogP contribution in [0.5, 0.6) is 0 Å². The number of benzene rings is 3. The second-order valence-electron chi connectivity index (χ2n) is 19.6. The average molecular weight is 990 g/mol. The highest BCUT2D eigenvalue weighted by atomic mass is 16.4. The molecule has 8 N–H and O–H groups in total. The van der Waals surface area contributed by atoms with E-state index < -0.39 is 65.7 Å². The number of nitrogens with two attached hydrogens (primary N) is 2. The topological polar surface area (TPSA) is 278 Å². The molecule has 4 heterocycles. The molecule has 3 aromatic carbocycles. The van der Waals surface area contributed by atoms with Crippen LogP contribution in [0.25, 0.3) is 11.0 Å². The Bertz CT molecular complexity index is 2650. The minimum absolute atomic E-state index is 0.0293. The Morgan fingerprint density at radius 1 is 0.806 bits per heavy atom. The van der Waals surface area contributed by atoms with Gasteiger partial charge in [0.25, 0.3) is 5.97 Å². The summed E-state index contributed by atoms with van der Waals surface area (Å²) in [7, 11) is 1.71. The lowest BCUT2D eigenvalue weighted by atomic mass is 9.77. The second kappa shape index (κ2) is 23.8. The van der Waals surface area contributed by atoms with E-state index in [-0.39, 0.29) is 55.8 Å². The maximum atomic E-state index is 14.0. The molecule has 4 fully saturated rings. The molecule has 1 saturated carbocycles. The number of carbonyl (C=O) groups is 8. The van der Waals surface area contributed by atoms with Crippen LogP contribution in [0.15, 0.2) is 83.7 Å². The van der Waals surface area contributed by atoms with Crippen molar-refractivity contribution in [2.24, 2.45) is 24.4 Å². The van der Waals surface area contributed by atoms with Gasteiger partial charge in [0.1, 0.15) is 24.2 Å². The van der Waals surface area contributed by atoms with Crippen molar-refractivity contribution in [3.63, 3.8) is 0 Å². The number of nitrogens with one attached hydrogen (secondary N) is 3. The summed E-state index contributed by atoms with van der Waals surface area (Å²) < 4.78 is 3.08. The van der Waals surface area contributed by atoms with E-state index in [0.29, 0.717) is 49.6 Å². The van der Waals surface area contributed by atoms with Crippen LogP contribution in [0, 0.1) is 5.92 Å². The van der Waals surface area contributed by atoms with E-state index in [1.807, 2.05) is 72.8 Å². The molecule has 4 aromatic rings. The van der Waals surface area contributed by atoms with E-state index in [9.17, 15) is 38.4 Å². The van der Waals surface area contributed by atoms with Crippen LogP contribution in [0.3, 0.4) is 0 Å². The van der Waals surface area contributed by atoms with Crippen LogP contribution in [0.1, 0.15) is 132 Å². The van der Waals surface area contributed by atoms with E-state index in [1.54, 1.807) is 21.4 Å². The molecule has 4 aliphatic rings. The quantitative estimate of drug-likeness (QED) is 0.0939. The van der Waals surface area contributed by atoms with Crippen molar-refractivity contribution in [3.05, 3.63) is 106 Å². The van der Waals surface area contributed by atoms with Gasteiger partial charge in [0.2, 0.25) is 41.4 Å². The van der Waals surface area contributed by atoms with Gasteiger partial charge in [0, 0.05) is 52.4 Å². The minimum Gasteiger partial charge on any atom is -0.481 e. The van der Waals surface area contributed by atoms with Gasteiger partial charge in [-0.25, -0.2) is 4.79 Å². The molecule has 5 atom stereocenters. The van der Waals surface area contributed by atoms with E-state index in [1.165, 1.54) is 4.57 Å². The van der Waals surface area contributed by atoms with Crippen LogP contribution in [-0.4, -0.2) is 109 Å². The summed E-state index contributed by atoms with van der Waals surface area (Å²) >= 11 is 0. The van der Waals surface area contributed by atoms with Crippen molar-refractivity contribution in [3.8, 4) is 0 Å². The zero-order valence-electron chi connectivity index (χ0n) is 41.0. The lowest BCUT2D eigenvalue weighted by Crippen LogP contribution is -2.60. The SMILES string of the molecule is CC(=O)O.Cn1c(=O)n(C2CCC(=O)NC2=O)c2ccc(C3CCC(CCCC(=O)N4CCC5CC[C@@H](C(=O)N[C@@H](CCC(N)=O)C(=O)NC(c6ccccc6)c6ccccc6)N5C(=O)[C@@H](N)C4)CC3)cc21. The third-order valence-electron chi connectivity index (χ3n) is 14.7. The third-order valence-corrected chi connectivity index (χ3v) is 14.7. The largest absolute Gasteiger partial charge is 0.481 e. The number of aryl methyl sites for hydroxylation is 1. The molecule has 1 aliphatic carbocycles. The van der Waals surface area contributed by atoms with Crippen LogP contribution in [-0.2, 0) is 45.4 Å². The molecule has 3 saturated heterocycles. The van der Waals surface area contributed by atoms with Crippen molar-refractivity contribution in [1.82, 2.24) is 34.9 Å². The Hall–Kier alpha value is -7.15. The van der Waals surface area contributed by atoms with Gasteiger partial charge in [-0.05, 0) is 111 Å². The van der Waals surface area contributed by atoms with Crippen molar-refractivity contribution >= 4 is 58.4 Å². The van der Waals surface area contributed by atoms with Gasteiger partial charge in [-0.2, -0.15) is 0 Å². The maximum Gasteiger partial charge on any atom is 0.329 e. The molecule has 19 nitrogen and oxygen atoms in total. The summed E-state index contributed by atoms with van der Waals surface area (Å²) in [4.78, 5) is 117. The zero-order valence-corrected chi connectivity index (χ0v) is 41.0. The summed E-state index contributed by atoms with van der Waals surface area (Å²) in [5.41, 5.74) is 16.0. The fourth-order valence-electron chi connectivity index (χ4n) is 11.0. The molecule has 72 heavy (non-hydrogen) atoms. The highest BCUT2D eigenvalue weighted by molar-refractivity contribution is 6.00. The summed E-state index contributed by atoms with van der Waals surface area (Å²) in [6.45, 7) is 1.52. The number of hydrogen-bond acceptors (Lipinski definition) is 10. The lowest BCUT2D eigenvalue weighted by Gasteiger charge is -2.38. The molecule has 0 radical (unpaired) electrons. The Labute approximate surface area is 418 Å². The van der Waals surface area contributed by atoms with E-state index in [2.05, 4.69) is 22.0 Å². The molecule has 1 aromatic heterocycles. The van der Waals surface area contributed by atoms with Gasteiger partial charge in [0.05, 0.1) is 17.1 Å². The monoisotopic (exact) mass is 990 g/mol. The summed E-state index contributed by atoms with van der Waals surface area (Å²) in [5.74, 6) is -2.88. The number of imidazole rings is 1. The summed E-state index contributed by atoms with van der Waals surface area (Å²) in [6.07, 6.45) is 7.65. The van der Waals surface area contributed by atoms with Gasteiger partial charge in [-0.15, -0.1) is 0 Å². The Kier molecular flexibility index (Phi) is 17.4. The summed E-state index contributed by atoms with van der Waals surface area (Å²) in [5, 5.41) is 15.7. The zero-order chi connectivity index (χ0) is 51.6. The number of primary amides is 1. The minimum atomic E-state index is -1.10. The van der Waals surface area contributed by atoms with Crippen LogP contribution < -0.4 is 33.1 Å². The molecule has 2 unspecified atom stereocenters. The van der Waals surface area contributed by atoms with Gasteiger partial charge in [-0.3, -0.25) is 52.8 Å². The molecular weight excluding hydrogens is 923 g/mol. The normalized spacial score (nSPS) is 22.7. The predicted octanol–water partition coefficient (Wildman–Crippen LogP) is 3.43. The van der Waals surface area contributed by atoms with Crippen molar-refractivity contribution in [2.75, 3.05) is 13.1 Å². The van der Waals surface area contributed by atoms with E-state index >= 15 is 0 Å². The van der Waals surface area contributed by atoms with E-state index in [4.69, 9.17) is 21.4 Å². The lowest BCUT2D eigenvalue weighted by molar-refractivity contribution is -0.145. The van der Waals surface area contributed by atoms with Gasteiger partial charge in [-0.1, -0.05) is 66.7 Å². The first kappa shape index (κ1) is 52.7. The smallest absolute Gasteiger partial charge is 0.329 e. The number of fused-ring (bicyclic) bond motifs is 2. The number of imide groups is 1. The van der Waals surface area contributed by atoms with Crippen molar-refractivity contribution in [1.29, 1.82) is 0 Å². The van der Waals surface area contributed by atoms with Crippen LogP contribution >= 0.6 is 0 Å². The highest BCUT2D eigenvalue weighted by Gasteiger charge is 2.45. The molecule has 3 aliphatic heterocycles. The van der Waals surface area contributed by atoms with Crippen LogP contribution in [0.4, 0.5) is 0 Å². The fraction of sp³-hybridized carbons (Fsp3) is 0.491. The van der Waals surface area contributed by atoms with Crippen molar-refractivity contribution in [2.45, 2.75) is 139 Å². The number of amides is 7. The molecule has 8 rings (SSSR count). The number of carboxylic acids is 1.